The van der Waals surface area contributed by atoms with E-state index in [1.807, 2.05) is 37.1 Å². The zero-order valence-electron chi connectivity index (χ0n) is 11.7. The van der Waals surface area contributed by atoms with Crippen molar-refractivity contribution in [3.63, 3.8) is 0 Å². The molecular formula is C16H18FNS2. The minimum absolute atomic E-state index is 0.0880. The van der Waals surface area contributed by atoms with Crippen LogP contribution in [0.3, 0.4) is 0 Å². The summed E-state index contributed by atoms with van der Waals surface area (Å²) in [5, 5.41) is 3.34. The molecule has 0 spiro atoms. The van der Waals surface area contributed by atoms with Gasteiger partial charge in [0.2, 0.25) is 0 Å². The molecule has 1 atom stereocenters. The third kappa shape index (κ3) is 2.78. The van der Waals surface area contributed by atoms with Gasteiger partial charge in [-0.1, -0.05) is 6.07 Å². The topological polar surface area (TPSA) is 12.0 Å². The van der Waals surface area contributed by atoms with Crippen LogP contribution in [0, 0.1) is 12.7 Å². The smallest absolute Gasteiger partial charge is 0.123 e. The number of benzene rings is 1. The van der Waals surface area contributed by atoms with Gasteiger partial charge in [-0.25, -0.2) is 4.39 Å². The molecule has 2 heterocycles. The van der Waals surface area contributed by atoms with Crippen molar-refractivity contribution in [2.24, 2.45) is 0 Å². The van der Waals surface area contributed by atoms with Crippen LogP contribution in [0.4, 0.5) is 4.39 Å². The van der Waals surface area contributed by atoms with Gasteiger partial charge in [-0.05, 0) is 61.0 Å². The van der Waals surface area contributed by atoms with E-state index in [0.29, 0.717) is 0 Å². The van der Waals surface area contributed by atoms with Gasteiger partial charge in [-0.2, -0.15) is 11.8 Å². The predicted octanol–water partition coefficient (Wildman–Crippen LogP) is 4.29. The first kappa shape index (κ1) is 14.1. The largest absolute Gasteiger partial charge is 0.309 e. The average Bonchev–Trinajstić information content (AvgIpc) is 2.81. The number of aryl methyl sites for hydroxylation is 2. The molecule has 4 heteroatoms. The number of nitrogens with one attached hydrogen (secondary N) is 1. The Kier molecular flexibility index (Phi) is 4.15. The summed E-state index contributed by atoms with van der Waals surface area (Å²) in [6, 6.07) is 7.67. The molecule has 0 radical (unpaired) electrons. The number of fused-ring (bicyclic) bond motifs is 1. The van der Waals surface area contributed by atoms with E-state index in [-0.39, 0.29) is 11.9 Å². The summed E-state index contributed by atoms with van der Waals surface area (Å²) in [5.41, 5.74) is 3.45. The second-order valence-electron chi connectivity index (χ2n) is 5.18. The summed E-state index contributed by atoms with van der Waals surface area (Å²) in [6.45, 7) is 1.94. The average molecular weight is 307 g/mol. The minimum Gasteiger partial charge on any atom is -0.309 e. The molecule has 20 heavy (non-hydrogen) atoms. The van der Waals surface area contributed by atoms with Gasteiger partial charge < -0.3 is 5.32 Å². The van der Waals surface area contributed by atoms with Crippen molar-refractivity contribution in [1.29, 1.82) is 0 Å². The number of thioether (sulfide) groups is 1. The molecule has 0 aliphatic carbocycles. The Morgan fingerprint density at radius 3 is 2.80 bits per heavy atom. The van der Waals surface area contributed by atoms with Crippen molar-refractivity contribution >= 4 is 23.1 Å². The maximum Gasteiger partial charge on any atom is 0.123 e. The molecule has 1 aromatic heterocycles. The van der Waals surface area contributed by atoms with Gasteiger partial charge in [-0.15, -0.1) is 11.3 Å². The lowest BCUT2D eigenvalue weighted by molar-refractivity contribution is 0.616. The summed E-state index contributed by atoms with van der Waals surface area (Å²) in [4.78, 5) is 2.80. The molecule has 1 nitrogen and oxygen atoms in total. The molecule has 0 fully saturated rings. The van der Waals surface area contributed by atoms with Crippen molar-refractivity contribution in [3.05, 3.63) is 56.5 Å². The Hall–Kier alpha value is -0.840. The van der Waals surface area contributed by atoms with Crippen molar-refractivity contribution in [2.75, 3.05) is 12.8 Å². The summed E-state index contributed by atoms with van der Waals surface area (Å²) in [6.07, 6.45) is 1.17. The summed E-state index contributed by atoms with van der Waals surface area (Å²) < 4.78 is 13.6. The third-order valence-corrected chi connectivity index (χ3v) is 5.93. The first-order valence-electron chi connectivity index (χ1n) is 6.81. The van der Waals surface area contributed by atoms with Gasteiger partial charge in [0.1, 0.15) is 5.82 Å². The highest BCUT2D eigenvalue weighted by atomic mass is 32.2. The molecule has 106 valence electrons. The van der Waals surface area contributed by atoms with Crippen LogP contribution >= 0.6 is 23.1 Å². The Balaban J connectivity index is 1.98. The van der Waals surface area contributed by atoms with Crippen LogP contribution in [-0.2, 0) is 12.2 Å². The molecule has 1 aromatic carbocycles. The Bertz CT molecular complexity index is 577. The van der Waals surface area contributed by atoms with Gasteiger partial charge in [0.15, 0.2) is 0 Å². The maximum atomic E-state index is 13.6. The number of hydrogen-bond donors (Lipinski definition) is 1. The minimum atomic E-state index is -0.155. The molecule has 0 amide bonds. The second kappa shape index (κ2) is 5.88. The molecule has 1 N–H and O–H groups in total. The van der Waals surface area contributed by atoms with E-state index < -0.39 is 0 Å². The lowest BCUT2D eigenvalue weighted by atomic mass is 10.0. The van der Waals surface area contributed by atoms with Crippen molar-refractivity contribution in [2.45, 2.75) is 25.1 Å². The fourth-order valence-electron chi connectivity index (χ4n) is 2.72. The highest BCUT2D eigenvalue weighted by Crippen LogP contribution is 2.36. The second-order valence-corrected chi connectivity index (χ2v) is 7.46. The van der Waals surface area contributed by atoms with Crippen LogP contribution < -0.4 is 5.32 Å². The van der Waals surface area contributed by atoms with E-state index in [1.165, 1.54) is 27.5 Å². The number of hydrogen-bond acceptors (Lipinski definition) is 3. The van der Waals surface area contributed by atoms with Crippen molar-refractivity contribution in [1.82, 2.24) is 5.32 Å². The van der Waals surface area contributed by atoms with Gasteiger partial charge >= 0.3 is 0 Å². The summed E-state index contributed by atoms with van der Waals surface area (Å²) in [5.74, 6) is 2.18. The molecule has 1 aliphatic rings. The predicted molar refractivity (Wildman–Crippen MR) is 86.2 cm³/mol. The molecular weight excluding hydrogens is 289 g/mol. The fraction of sp³-hybridized carbons (Fsp3) is 0.375. The van der Waals surface area contributed by atoms with Crippen LogP contribution in [0.1, 0.15) is 32.5 Å². The monoisotopic (exact) mass is 307 g/mol. The van der Waals surface area contributed by atoms with E-state index in [4.69, 9.17) is 0 Å². The van der Waals surface area contributed by atoms with Crippen molar-refractivity contribution in [3.8, 4) is 0 Å². The normalized spacial score (nSPS) is 15.9. The Labute approximate surface area is 127 Å². The number of thiophene rings is 1. The Morgan fingerprint density at radius 2 is 2.10 bits per heavy atom. The van der Waals surface area contributed by atoms with E-state index in [2.05, 4.69) is 17.4 Å². The lowest BCUT2D eigenvalue weighted by Gasteiger charge is -2.16. The summed E-state index contributed by atoms with van der Waals surface area (Å²) in [7, 11) is 1.94. The zero-order valence-corrected chi connectivity index (χ0v) is 13.3. The van der Waals surface area contributed by atoms with Crippen LogP contribution in [0.2, 0.25) is 0 Å². The van der Waals surface area contributed by atoms with Crippen LogP contribution in [0.5, 0.6) is 0 Å². The summed E-state index contributed by atoms with van der Waals surface area (Å²) >= 11 is 3.87. The Morgan fingerprint density at radius 1 is 1.25 bits per heavy atom. The molecule has 2 aromatic rings. The van der Waals surface area contributed by atoms with Gasteiger partial charge in [0.25, 0.3) is 0 Å². The van der Waals surface area contributed by atoms with E-state index in [1.54, 1.807) is 12.1 Å². The molecule has 1 aliphatic heterocycles. The van der Waals surface area contributed by atoms with E-state index in [0.717, 1.165) is 16.9 Å². The lowest BCUT2D eigenvalue weighted by Crippen LogP contribution is -2.16. The SMILES string of the molecule is CNC(c1cc(C)cc(F)c1)c1cc2c(s1)CCSC2. The van der Waals surface area contributed by atoms with Crippen LogP contribution in [0.15, 0.2) is 24.3 Å². The molecule has 1 unspecified atom stereocenters. The van der Waals surface area contributed by atoms with Gasteiger partial charge in [0.05, 0.1) is 6.04 Å². The number of rotatable bonds is 3. The molecule has 0 bridgehead atoms. The first-order chi connectivity index (χ1) is 9.67. The third-order valence-electron chi connectivity index (χ3n) is 3.62. The molecule has 0 saturated carbocycles. The first-order valence-corrected chi connectivity index (χ1v) is 8.78. The van der Waals surface area contributed by atoms with E-state index >= 15 is 0 Å². The van der Waals surface area contributed by atoms with Gasteiger partial charge in [0, 0.05) is 15.5 Å². The highest BCUT2D eigenvalue weighted by Gasteiger charge is 2.20. The van der Waals surface area contributed by atoms with E-state index in [9.17, 15) is 4.39 Å². The van der Waals surface area contributed by atoms with Gasteiger partial charge in [-0.3, -0.25) is 0 Å². The molecule has 3 rings (SSSR count). The van der Waals surface area contributed by atoms with Crippen LogP contribution in [-0.4, -0.2) is 12.8 Å². The standard InChI is InChI=1S/C16H18FNS2/c1-10-5-11(7-13(17)6-10)16(18-2)15-8-12-9-19-4-3-14(12)20-15/h5-8,16,18H,3-4,9H2,1-2H3. The zero-order chi connectivity index (χ0) is 14.1. The quantitative estimate of drug-likeness (QED) is 0.907. The molecule has 0 saturated heterocycles. The van der Waals surface area contributed by atoms with Crippen molar-refractivity contribution < 1.29 is 4.39 Å². The number of halogens is 1. The van der Waals surface area contributed by atoms with Crippen LogP contribution in [0.25, 0.3) is 0 Å². The highest BCUT2D eigenvalue weighted by molar-refractivity contribution is 7.98. The maximum absolute atomic E-state index is 13.6. The fourth-order valence-corrected chi connectivity index (χ4v) is 5.23.